The fourth-order valence-electron chi connectivity index (χ4n) is 3.44. The van der Waals surface area contributed by atoms with E-state index in [0.717, 1.165) is 24.9 Å². The second-order valence-corrected chi connectivity index (χ2v) is 6.97. The monoisotopic (exact) mass is 365 g/mol. The Morgan fingerprint density at radius 1 is 1.26 bits per heavy atom. The summed E-state index contributed by atoms with van der Waals surface area (Å²) in [5.41, 5.74) is 1.72. The first-order chi connectivity index (χ1) is 13.1. The number of likely N-dealkylation sites (tertiary alicyclic amines) is 1. The SMILES string of the molecule is CN(C)c1nccnc1OC1CCCN(C(=O)c2cc3ccccn3c2)C1. The van der Waals surface area contributed by atoms with E-state index >= 15 is 0 Å². The second-order valence-electron chi connectivity index (χ2n) is 6.97. The van der Waals surface area contributed by atoms with Gasteiger partial charge in [0.1, 0.15) is 6.10 Å². The van der Waals surface area contributed by atoms with E-state index in [2.05, 4.69) is 9.97 Å². The summed E-state index contributed by atoms with van der Waals surface area (Å²) in [6, 6.07) is 7.85. The van der Waals surface area contributed by atoms with Gasteiger partial charge in [0, 0.05) is 50.9 Å². The highest BCUT2D eigenvalue weighted by molar-refractivity contribution is 5.95. The Bertz CT molecular complexity index is 919. The van der Waals surface area contributed by atoms with E-state index in [0.29, 0.717) is 23.8 Å². The number of aromatic nitrogens is 3. The highest BCUT2D eigenvalue weighted by Crippen LogP contribution is 2.25. The Morgan fingerprint density at radius 3 is 2.93 bits per heavy atom. The lowest BCUT2D eigenvalue weighted by Crippen LogP contribution is -2.44. The van der Waals surface area contributed by atoms with E-state index < -0.39 is 0 Å². The Balaban J connectivity index is 1.49. The van der Waals surface area contributed by atoms with Crippen LogP contribution in [0.25, 0.3) is 5.52 Å². The molecule has 0 N–H and O–H groups in total. The maximum atomic E-state index is 13.0. The molecule has 3 aromatic heterocycles. The maximum absolute atomic E-state index is 13.0. The zero-order valence-electron chi connectivity index (χ0n) is 15.6. The summed E-state index contributed by atoms with van der Waals surface area (Å²) in [6.45, 7) is 1.29. The Hall–Kier alpha value is -3.09. The summed E-state index contributed by atoms with van der Waals surface area (Å²) in [5.74, 6) is 1.25. The molecule has 0 radical (unpaired) electrons. The van der Waals surface area contributed by atoms with Crippen LogP contribution in [0.1, 0.15) is 23.2 Å². The molecule has 1 atom stereocenters. The highest BCUT2D eigenvalue weighted by atomic mass is 16.5. The van der Waals surface area contributed by atoms with Gasteiger partial charge in [0.25, 0.3) is 11.8 Å². The van der Waals surface area contributed by atoms with Gasteiger partial charge in [0.05, 0.1) is 12.1 Å². The van der Waals surface area contributed by atoms with Gasteiger partial charge in [-0.05, 0) is 31.0 Å². The summed E-state index contributed by atoms with van der Waals surface area (Å²) < 4.78 is 8.07. The molecule has 1 saturated heterocycles. The summed E-state index contributed by atoms with van der Waals surface area (Å²) >= 11 is 0. The van der Waals surface area contributed by atoms with Crippen molar-refractivity contribution in [3.8, 4) is 5.88 Å². The number of ether oxygens (including phenoxy) is 1. The van der Waals surface area contributed by atoms with Gasteiger partial charge < -0.3 is 18.9 Å². The minimum atomic E-state index is -0.0878. The second kappa shape index (κ2) is 7.26. The lowest BCUT2D eigenvalue weighted by Gasteiger charge is -2.33. The number of carbonyl (C=O) groups is 1. The van der Waals surface area contributed by atoms with Crippen LogP contribution in [0, 0.1) is 0 Å². The van der Waals surface area contributed by atoms with Crippen molar-refractivity contribution in [1.29, 1.82) is 0 Å². The zero-order valence-corrected chi connectivity index (χ0v) is 15.6. The van der Waals surface area contributed by atoms with E-state index in [1.54, 1.807) is 12.4 Å². The van der Waals surface area contributed by atoms with Crippen LogP contribution in [0.2, 0.25) is 0 Å². The molecule has 0 aliphatic carbocycles. The van der Waals surface area contributed by atoms with Crippen molar-refractivity contribution < 1.29 is 9.53 Å². The first kappa shape index (κ1) is 17.3. The van der Waals surface area contributed by atoms with Crippen LogP contribution in [0.3, 0.4) is 0 Å². The lowest BCUT2D eigenvalue weighted by molar-refractivity contribution is 0.0528. The fourth-order valence-corrected chi connectivity index (χ4v) is 3.44. The van der Waals surface area contributed by atoms with Crippen LogP contribution in [-0.4, -0.2) is 58.5 Å². The molecule has 1 aliphatic rings. The number of hydrogen-bond donors (Lipinski definition) is 0. The molecule has 1 amide bonds. The summed E-state index contributed by atoms with van der Waals surface area (Å²) in [7, 11) is 3.82. The number of hydrogen-bond acceptors (Lipinski definition) is 5. The molecule has 3 aromatic rings. The van der Waals surface area contributed by atoms with E-state index in [1.165, 1.54) is 0 Å². The van der Waals surface area contributed by atoms with Gasteiger partial charge in [-0.25, -0.2) is 9.97 Å². The Labute approximate surface area is 158 Å². The molecule has 0 aromatic carbocycles. The molecule has 4 heterocycles. The third-order valence-electron chi connectivity index (χ3n) is 4.77. The van der Waals surface area contributed by atoms with E-state index in [9.17, 15) is 4.79 Å². The van der Waals surface area contributed by atoms with Crippen LogP contribution in [0.5, 0.6) is 5.88 Å². The first-order valence-electron chi connectivity index (χ1n) is 9.13. The molecular weight excluding hydrogens is 342 g/mol. The zero-order chi connectivity index (χ0) is 18.8. The predicted octanol–water partition coefficient (Wildman–Crippen LogP) is 2.48. The Kier molecular flexibility index (Phi) is 4.66. The number of anilines is 1. The van der Waals surface area contributed by atoms with Crippen molar-refractivity contribution in [2.24, 2.45) is 0 Å². The average Bonchev–Trinajstić information content (AvgIpc) is 3.12. The van der Waals surface area contributed by atoms with Crippen LogP contribution in [0.15, 0.2) is 49.1 Å². The molecule has 4 rings (SSSR count). The van der Waals surface area contributed by atoms with Crippen molar-refractivity contribution in [2.75, 3.05) is 32.1 Å². The van der Waals surface area contributed by atoms with Crippen LogP contribution in [0.4, 0.5) is 5.82 Å². The molecular formula is C20H23N5O2. The minimum absolute atomic E-state index is 0.0407. The number of rotatable bonds is 4. The van der Waals surface area contributed by atoms with Gasteiger partial charge in [0.15, 0.2) is 5.82 Å². The number of piperidine rings is 1. The molecule has 0 saturated carbocycles. The van der Waals surface area contributed by atoms with E-state index in [-0.39, 0.29) is 12.0 Å². The summed E-state index contributed by atoms with van der Waals surface area (Å²) in [6.07, 6.45) is 8.82. The van der Waals surface area contributed by atoms with Crippen molar-refractivity contribution >= 4 is 17.2 Å². The standard InChI is InChI=1S/C20H23N5O2/c1-23(2)18-19(22-9-8-21-18)27-17-7-5-11-25(14-17)20(26)15-12-16-6-3-4-10-24(16)13-15/h3-4,6,8-10,12-13,17H,5,7,11,14H2,1-2H3. The summed E-state index contributed by atoms with van der Waals surface area (Å²) in [5, 5.41) is 0. The smallest absolute Gasteiger partial charge is 0.257 e. The van der Waals surface area contributed by atoms with Crippen LogP contribution < -0.4 is 9.64 Å². The number of nitrogens with zero attached hydrogens (tertiary/aromatic N) is 5. The number of amides is 1. The molecule has 1 fully saturated rings. The molecule has 140 valence electrons. The maximum Gasteiger partial charge on any atom is 0.257 e. The third-order valence-corrected chi connectivity index (χ3v) is 4.77. The topological polar surface area (TPSA) is 63.0 Å². The molecule has 7 heteroatoms. The third kappa shape index (κ3) is 3.58. The Morgan fingerprint density at radius 2 is 2.11 bits per heavy atom. The number of pyridine rings is 1. The average molecular weight is 365 g/mol. The number of fused-ring (bicyclic) bond motifs is 1. The van der Waals surface area contributed by atoms with Crippen LogP contribution >= 0.6 is 0 Å². The predicted molar refractivity (Wildman–Crippen MR) is 103 cm³/mol. The van der Waals surface area contributed by atoms with E-state index in [1.807, 2.05) is 65.0 Å². The highest BCUT2D eigenvalue weighted by Gasteiger charge is 2.27. The van der Waals surface area contributed by atoms with Crippen molar-refractivity contribution in [1.82, 2.24) is 19.3 Å². The normalized spacial score (nSPS) is 17.1. The van der Waals surface area contributed by atoms with Crippen molar-refractivity contribution in [3.63, 3.8) is 0 Å². The quantitative estimate of drug-likeness (QED) is 0.711. The molecule has 27 heavy (non-hydrogen) atoms. The van der Waals surface area contributed by atoms with Gasteiger partial charge in [-0.1, -0.05) is 6.07 Å². The molecule has 0 bridgehead atoms. The van der Waals surface area contributed by atoms with Crippen LogP contribution in [-0.2, 0) is 0 Å². The van der Waals surface area contributed by atoms with Gasteiger partial charge in [0.2, 0.25) is 0 Å². The van der Waals surface area contributed by atoms with Gasteiger partial charge >= 0.3 is 0 Å². The molecule has 1 unspecified atom stereocenters. The number of carbonyl (C=O) groups excluding carboxylic acids is 1. The minimum Gasteiger partial charge on any atom is -0.470 e. The largest absolute Gasteiger partial charge is 0.470 e. The van der Waals surface area contributed by atoms with Gasteiger partial charge in [-0.3, -0.25) is 4.79 Å². The fraction of sp³-hybridized carbons (Fsp3) is 0.350. The van der Waals surface area contributed by atoms with Crippen molar-refractivity contribution in [3.05, 3.63) is 54.6 Å². The van der Waals surface area contributed by atoms with Crippen molar-refractivity contribution in [2.45, 2.75) is 18.9 Å². The lowest BCUT2D eigenvalue weighted by atomic mass is 10.1. The van der Waals surface area contributed by atoms with Gasteiger partial charge in [-0.15, -0.1) is 0 Å². The molecule has 1 aliphatic heterocycles. The van der Waals surface area contributed by atoms with E-state index in [4.69, 9.17) is 4.74 Å². The first-order valence-corrected chi connectivity index (χ1v) is 9.13. The van der Waals surface area contributed by atoms with Gasteiger partial charge in [-0.2, -0.15) is 0 Å². The molecule has 7 nitrogen and oxygen atoms in total. The molecule has 0 spiro atoms. The summed E-state index contributed by atoms with van der Waals surface area (Å²) in [4.78, 5) is 25.4.